The van der Waals surface area contributed by atoms with E-state index in [1.165, 1.54) is 12.8 Å². The number of aromatic amines is 1. The second kappa shape index (κ2) is 7.19. The van der Waals surface area contributed by atoms with E-state index in [1.807, 2.05) is 0 Å². The summed E-state index contributed by atoms with van der Waals surface area (Å²) in [4.78, 5) is 18.1. The molecule has 1 N–H and O–H groups in total. The second-order valence-corrected chi connectivity index (χ2v) is 9.92. The fraction of sp³-hybridized carbons (Fsp3) is 0.500. The van der Waals surface area contributed by atoms with Crippen LogP contribution in [0.15, 0.2) is 29.2 Å². The Kier molecular flexibility index (Phi) is 4.88. The minimum absolute atomic E-state index is 0.144. The van der Waals surface area contributed by atoms with Gasteiger partial charge in [0.1, 0.15) is 11.5 Å². The Bertz CT molecular complexity index is 927. The van der Waals surface area contributed by atoms with Gasteiger partial charge in [-0.1, -0.05) is 37.8 Å². The van der Waals surface area contributed by atoms with Gasteiger partial charge in [-0.05, 0) is 42.9 Å². The molecule has 7 heteroatoms. The average Bonchev–Trinajstić information content (AvgIpc) is 3.29. The summed E-state index contributed by atoms with van der Waals surface area (Å²) in [6, 6.07) is 6.89. The average molecular weight is 390 g/mol. The third kappa shape index (κ3) is 3.70. The summed E-state index contributed by atoms with van der Waals surface area (Å²) < 4.78 is 38.7. The Morgan fingerprint density at radius 2 is 1.81 bits per heavy atom. The van der Waals surface area contributed by atoms with Crippen LogP contribution in [0, 0.1) is 11.9 Å². The van der Waals surface area contributed by atoms with E-state index >= 15 is 0 Å². The number of carbonyl (C=O) groups is 1. The molecule has 5 nitrogen and oxygen atoms in total. The molecule has 0 spiro atoms. The number of sulfone groups is 1. The number of carbonyl (C=O) groups excluding carboxylic acids is 1. The molecule has 2 saturated carbocycles. The van der Waals surface area contributed by atoms with E-state index in [0.717, 1.165) is 37.7 Å². The third-order valence-corrected chi connectivity index (χ3v) is 8.05. The summed E-state index contributed by atoms with van der Waals surface area (Å²) in [5.41, 5.74) is 0.747. The number of aldehydes is 1. The molecule has 0 radical (unpaired) electrons. The highest BCUT2D eigenvalue weighted by Crippen LogP contribution is 2.38. The first-order valence-electron chi connectivity index (χ1n) is 9.53. The van der Waals surface area contributed by atoms with E-state index in [2.05, 4.69) is 9.97 Å². The molecule has 1 unspecified atom stereocenters. The lowest BCUT2D eigenvalue weighted by molar-refractivity contribution is 0.111. The number of hydrogen-bond acceptors (Lipinski definition) is 4. The highest BCUT2D eigenvalue weighted by atomic mass is 32.2. The van der Waals surface area contributed by atoms with Gasteiger partial charge in [0.2, 0.25) is 5.95 Å². The molecular weight excluding hydrogens is 367 g/mol. The molecule has 1 atom stereocenters. The molecule has 2 aromatic rings. The van der Waals surface area contributed by atoms with Crippen LogP contribution in [-0.4, -0.2) is 29.9 Å². The van der Waals surface area contributed by atoms with Gasteiger partial charge >= 0.3 is 0 Å². The van der Waals surface area contributed by atoms with Gasteiger partial charge in [0, 0.05) is 5.92 Å². The fourth-order valence-electron chi connectivity index (χ4n) is 4.07. The standard InChI is InChI=1S/C20H23FN2O3S/c21-19-18(12-24)22-20(23-19)17(11-13-3-1-2-4-13)14-5-7-15(8-6-14)27(25,26)16-9-10-16/h5-8,12-13,16-17H,1-4,9-11H2,(H,22,23). The summed E-state index contributed by atoms with van der Waals surface area (Å²) >= 11 is 0. The molecule has 0 aliphatic heterocycles. The monoisotopic (exact) mass is 390 g/mol. The predicted molar refractivity (Wildman–Crippen MR) is 99.0 cm³/mol. The summed E-state index contributed by atoms with van der Waals surface area (Å²) in [6.45, 7) is 0. The Morgan fingerprint density at radius 1 is 1.15 bits per heavy atom. The van der Waals surface area contributed by atoms with Crippen LogP contribution in [0.3, 0.4) is 0 Å². The lowest BCUT2D eigenvalue weighted by Crippen LogP contribution is -2.10. The van der Waals surface area contributed by atoms with Crippen molar-refractivity contribution in [3.8, 4) is 0 Å². The first-order chi connectivity index (χ1) is 13.0. The first kappa shape index (κ1) is 18.3. The van der Waals surface area contributed by atoms with E-state index in [9.17, 15) is 17.6 Å². The molecule has 1 heterocycles. The maximum absolute atomic E-state index is 13.9. The van der Waals surface area contributed by atoms with Crippen LogP contribution in [0.1, 0.15) is 72.7 Å². The maximum atomic E-state index is 13.9. The number of H-pyrrole nitrogens is 1. The Morgan fingerprint density at radius 3 is 2.37 bits per heavy atom. The number of benzene rings is 1. The van der Waals surface area contributed by atoms with Crippen molar-refractivity contribution in [1.29, 1.82) is 0 Å². The number of imidazole rings is 1. The van der Waals surface area contributed by atoms with Crippen molar-refractivity contribution in [2.45, 2.75) is 61.0 Å². The quantitative estimate of drug-likeness (QED) is 0.725. The number of halogens is 1. The topological polar surface area (TPSA) is 79.9 Å². The number of aromatic nitrogens is 2. The maximum Gasteiger partial charge on any atom is 0.241 e. The third-order valence-electron chi connectivity index (χ3n) is 5.77. The van der Waals surface area contributed by atoms with Gasteiger partial charge in [-0.15, -0.1) is 0 Å². The van der Waals surface area contributed by atoms with E-state index in [-0.39, 0.29) is 16.9 Å². The highest BCUT2D eigenvalue weighted by molar-refractivity contribution is 7.92. The normalized spacial score (nSPS) is 19.3. The van der Waals surface area contributed by atoms with Crippen molar-refractivity contribution in [3.05, 3.63) is 47.3 Å². The zero-order chi connectivity index (χ0) is 19.0. The Hall–Kier alpha value is -2.02. The van der Waals surface area contributed by atoms with Crippen molar-refractivity contribution in [3.63, 3.8) is 0 Å². The molecule has 0 amide bonds. The first-order valence-corrected chi connectivity index (χ1v) is 11.1. The fourth-order valence-corrected chi connectivity index (χ4v) is 5.73. The van der Waals surface area contributed by atoms with Crippen molar-refractivity contribution in [2.24, 2.45) is 5.92 Å². The number of hydrogen-bond donors (Lipinski definition) is 1. The lowest BCUT2D eigenvalue weighted by atomic mass is 9.87. The van der Waals surface area contributed by atoms with E-state index in [0.29, 0.717) is 22.9 Å². The van der Waals surface area contributed by atoms with Crippen molar-refractivity contribution in [2.75, 3.05) is 0 Å². The van der Waals surface area contributed by atoms with E-state index in [4.69, 9.17) is 0 Å². The molecule has 2 aliphatic rings. The molecule has 2 aliphatic carbocycles. The number of nitrogens with one attached hydrogen (secondary N) is 1. The molecule has 2 fully saturated rings. The minimum atomic E-state index is -3.23. The van der Waals surface area contributed by atoms with Gasteiger partial charge in [-0.25, -0.2) is 13.4 Å². The molecule has 0 saturated heterocycles. The van der Waals surface area contributed by atoms with Crippen molar-refractivity contribution >= 4 is 16.1 Å². The van der Waals surface area contributed by atoms with Crippen LogP contribution in [0.4, 0.5) is 4.39 Å². The smallest absolute Gasteiger partial charge is 0.241 e. The van der Waals surface area contributed by atoms with Gasteiger partial charge in [-0.2, -0.15) is 4.39 Å². The van der Waals surface area contributed by atoms with Gasteiger partial charge in [-0.3, -0.25) is 4.79 Å². The molecule has 0 bridgehead atoms. The van der Waals surface area contributed by atoms with Crippen molar-refractivity contribution < 1.29 is 17.6 Å². The molecular formula is C20H23FN2O3S. The Balaban J connectivity index is 1.65. The van der Waals surface area contributed by atoms with Crippen LogP contribution >= 0.6 is 0 Å². The Labute approximate surface area is 158 Å². The summed E-state index contributed by atoms with van der Waals surface area (Å²) in [5, 5.41) is -0.244. The molecule has 1 aromatic carbocycles. The van der Waals surface area contributed by atoms with Crippen LogP contribution in [0.5, 0.6) is 0 Å². The van der Waals surface area contributed by atoms with Gasteiger partial charge in [0.05, 0.1) is 10.1 Å². The van der Waals surface area contributed by atoms with Crippen molar-refractivity contribution in [1.82, 2.24) is 9.97 Å². The van der Waals surface area contributed by atoms with Gasteiger partial charge in [0.15, 0.2) is 16.1 Å². The minimum Gasteiger partial charge on any atom is -0.337 e. The van der Waals surface area contributed by atoms with E-state index in [1.54, 1.807) is 24.3 Å². The second-order valence-electron chi connectivity index (χ2n) is 7.70. The summed E-state index contributed by atoms with van der Waals surface area (Å²) in [7, 11) is -3.23. The SMILES string of the molecule is O=Cc1[nH]c(C(CC2CCCC2)c2ccc(S(=O)(=O)C3CC3)cc2)nc1F. The lowest BCUT2D eigenvalue weighted by Gasteiger charge is -2.19. The zero-order valence-electron chi connectivity index (χ0n) is 15.0. The largest absolute Gasteiger partial charge is 0.337 e. The van der Waals surface area contributed by atoms with E-state index < -0.39 is 15.8 Å². The van der Waals surface area contributed by atoms with Gasteiger partial charge < -0.3 is 4.98 Å². The van der Waals surface area contributed by atoms with Crippen LogP contribution in [0.2, 0.25) is 0 Å². The zero-order valence-corrected chi connectivity index (χ0v) is 15.8. The highest BCUT2D eigenvalue weighted by Gasteiger charge is 2.37. The number of nitrogens with zero attached hydrogens (tertiary/aromatic N) is 1. The molecule has 27 heavy (non-hydrogen) atoms. The van der Waals surface area contributed by atoms with Crippen LogP contribution in [0.25, 0.3) is 0 Å². The molecule has 144 valence electrons. The molecule has 1 aromatic heterocycles. The predicted octanol–water partition coefficient (Wildman–Crippen LogP) is 4.01. The van der Waals surface area contributed by atoms with Crippen LogP contribution in [-0.2, 0) is 9.84 Å². The molecule has 4 rings (SSSR count). The summed E-state index contributed by atoms with van der Waals surface area (Å²) in [5.74, 6) is -0.0182. The number of rotatable bonds is 7. The van der Waals surface area contributed by atoms with Gasteiger partial charge in [0.25, 0.3) is 0 Å². The summed E-state index contributed by atoms with van der Waals surface area (Å²) in [6.07, 6.45) is 7.36. The van der Waals surface area contributed by atoms with Crippen LogP contribution < -0.4 is 0 Å².